The van der Waals surface area contributed by atoms with Crippen molar-refractivity contribution in [3.8, 4) is 33.4 Å². The van der Waals surface area contributed by atoms with Gasteiger partial charge in [-0.3, -0.25) is 0 Å². The lowest BCUT2D eigenvalue weighted by molar-refractivity contribution is 0.632. The Bertz CT molecular complexity index is 1920. The normalized spacial score (nSPS) is 11.6. The quantitative estimate of drug-likeness (QED) is 0.240. The Kier molecular flexibility index (Phi) is 4.94. The summed E-state index contributed by atoms with van der Waals surface area (Å²) in [6.07, 6.45) is 0. The Hall–Kier alpha value is -3.93. The summed E-state index contributed by atoms with van der Waals surface area (Å²) in [5.74, 6) is -0.262. The molecule has 0 spiro atoms. The SMILES string of the molecule is Cc1ccc(-c2ccc(-c3ccc(-c4ccc5c(c4)sc4ccccc45)c4nsnc34)c(F)c2)cc1. The van der Waals surface area contributed by atoms with Gasteiger partial charge in [0.15, 0.2) is 0 Å². The zero-order valence-corrected chi connectivity index (χ0v) is 21.0. The van der Waals surface area contributed by atoms with Crippen LogP contribution >= 0.6 is 23.1 Å². The number of aromatic nitrogens is 2. The van der Waals surface area contributed by atoms with Crippen molar-refractivity contribution in [3.63, 3.8) is 0 Å². The van der Waals surface area contributed by atoms with Crippen LogP contribution in [-0.4, -0.2) is 8.75 Å². The standard InChI is InChI=1S/C31H19FN2S2/c1-18-6-8-19(9-7-18)20-10-12-23(27(32)16-20)26-15-14-22(30-31(26)34-36-33-30)21-11-13-25-24-4-2-3-5-28(24)35-29(25)17-21/h2-17H,1H3. The molecule has 2 aromatic heterocycles. The van der Waals surface area contributed by atoms with E-state index >= 15 is 4.39 Å². The number of benzene rings is 5. The van der Waals surface area contributed by atoms with Gasteiger partial charge in [-0.1, -0.05) is 84.4 Å². The Morgan fingerprint density at radius 3 is 2.08 bits per heavy atom. The molecule has 0 saturated carbocycles. The van der Waals surface area contributed by atoms with Gasteiger partial charge in [-0.25, -0.2) is 4.39 Å². The molecule has 0 radical (unpaired) electrons. The predicted octanol–water partition coefficient (Wildman–Crippen LogP) is 9.51. The molecule has 2 heterocycles. The monoisotopic (exact) mass is 502 g/mol. The largest absolute Gasteiger partial charge is 0.206 e. The highest BCUT2D eigenvalue weighted by Gasteiger charge is 2.17. The van der Waals surface area contributed by atoms with Crippen LogP contribution in [0, 0.1) is 12.7 Å². The van der Waals surface area contributed by atoms with Crippen LogP contribution in [0.4, 0.5) is 4.39 Å². The highest BCUT2D eigenvalue weighted by Crippen LogP contribution is 2.40. The molecule has 0 bridgehead atoms. The van der Waals surface area contributed by atoms with Crippen molar-refractivity contribution in [2.75, 3.05) is 0 Å². The topological polar surface area (TPSA) is 25.8 Å². The number of thiophene rings is 1. The molecule has 0 aliphatic carbocycles. The second-order valence-electron chi connectivity index (χ2n) is 8.99. The molecule has 0 aliphatic heterocycles. The molecule has 0 aliphatic rings. The molecule has 5 heteroatoms. The summed E-state index contributed by atoms with van der Waals surface area (Å²) in [6, 6.07) is 32.6. The van der Waals surface area contributed by atoms with Gasteiger partial charge in [-0.05, 0) is 41.8 Å². The van der Waals surface area contributed by atoms with Crippen molar-refractivity contribution < 1.29 is 4.39 Å². The third-order valence-corrected chi connectivity index (χ3v) is 8.41. The molecule has 0 atom stereocenters. The first kappa shape index (κ1) is 21.4. The zero-order chi connectivity index (χ0) is 24.2. The van der Waals surface area contributed by atoms with Crippen molar-refractivity contribution in [3.05, 3.63) is 108 Å². The zero-order valence-electron chi connectivity index (χ0n) is 19.3. The van der Waals surface area contributed by atoms with Crippen LogP contribution in [0.1, 0.15) is 5.56 Å². The maximum absolute atomic E-state index is 15.4. The molecule has 0 unspecified atom stereocenters. The summed E-state index contributed by atoms with van der Waals surface area (Å²) >= 11 is 2.96. The van der Waals surface area contributed by atoms with Crippen LogP contribution in [0.25, 0.3) is 64.6 Å². The first-order valence-electron chi connectivity index (χ1n) is 11.7. The molecule has 172 valence electrons. The van der Waals surface area contributed by atoms with Crippen molar-refractivity contribution in [2.45, 2.75) is 6.92 Å². The van der Waals surface area contributed by atoms with Crippen LogP contribution in [0.2, 0.25) is 0 Å². The smallest absolute Gasteiger partial charge is 0.131 e. The molecular weight excluding hydrogens is 483 g/mol. The summed E-state index contributed by atoms with van der Waals surface area (Å²) in [7, 11) is 0. The van der Waals surface area contributed by atoms with E-state index in [2.05, 4.69) is 51.2 Å². The van der Waals surface area contributed by atoms with Gasteiger partial charge >= 0.3 is 0 Å². The van der Waals surface area contributed by atoms with E-state index in [1.165, 1.54) is 37.5 Å². The number of hydrogen-bond acceptors (Lipinski definition) is 4. The maximum Gasteiger partial charge on any atom is 0.131 e. The molecule has 36 heavy (non-hydrogen) atoms. The number of rotatable bonds is 3. The lowest BCUT2D eigenvalue weighted by atomic mass is 9.95. The van der Waals surface area contributed by atoms with Crippen molar-refractivity contribution in [1.82, 2.24) is 8.75 Å². The van der Waals surface area contributed by atoms with E-state index in [0.717, 1.165) is 38.9 Å². The Balaban J connectivity index is 1.33. The molecule has 7 aromatic rings. The van der Waals surface area contributed by atoms with Crippen molar-refractivity contribution in [2.24, 2.45) is 0 Å². The summed E-state index contributed by atoms with van der Waals surface area (Å²) in [6.45, 7) is 2.05. The van der Waals surface area contributed by atoms with E-state index in [-0.39, 0.29) is 5.82 Å². The summed E-state index contributed by atoms with van der Waals surface area (Å²) < 4.78 is 27.1. The number of halogens is 1. The van der Waals surface area contributed by atoms with Gasteiger partial charge in [0.2, 0.25) is 0 Å². The molecule has 0 amide bonds. The first-order chi connectivity index (χ1) is 17.7. The van der Waals surface area contributed by atoms with E-state index in [0.29, 0.717) is 5.56 Å². The summed E-state index contributed by atoms with van der Waals surface area (Å²) in [5, 5.41) is 2.55. The first-order valence-corrected chi connectivity index (χ1v) is 13.2. The highest BCUT2D eigenvalue weighted by atomic mass is 32.1. The van der Waals surface area contributed by atoms with E-state index in [1.807, 2.05) is 55.5 Å². The van der Waals surface area contributed by atoms with Gasteiger partial charge in [0.25, 0.3) is 0 Å². The second-order valence-corrected chi connectivity index (χ2v) is 10.6. The Labute approximate surface area is 215 Å². The summed E-state index contributed by atoms with van der Waals surface area (Å²) in [5.41, 5.74) is 7.98. The van der Waals surface area contributed by atoms with Gasteiger partial charge in [-0.15, -0.1) is 11.3 Å². The van der Waals surface area contributed by atoms with Crippen molar-refractivity contribution in [1.29, 1.82) is 0 Å². The van der Waals surface area contributed by atoms with E-state index < -0.39 is 0 Å². The van der Waals surface area contributed by atoms with Crippen LogP contribution in [0.3, 0.4) is 0 Å². The molecule has 0 fully saturated rings. The second kappa shape index (κ2) is 8.33. The highest BCUT2D eigenvalue weighted by molar-refractivity contribution is 7.25. The van der Waals surface area contributed by atoms with Gasteiger partial charge < -0.3 is 0 Å². The maximum atomic E-state index is 15.4. The predicted molar refractivity (Wildman–Crippen MR) is 151 cm³/mol. The minimum atomic E-state index is -0.262. The Morgan fingerprint density at radius 2 is 1.25 bits per heavy atom. The summed E-state index contributed by atoms with van der Waals surface area (Å²) in [4.78, 5) is 0. The molecule has 7 rings (SSSR count). The van der Waals surface area contributed by atoms with E-state index in [1.54, 1.807) is 17.4 Å². The molecule has 0 saturated heterocycles. The fourth-order valence-corrected chi connectivity index (χ4v) is 6.59. The van der Waals surface area contributed by atoms with E-state index in [4.69, 9.17) is 0 Å². The fourth-order valence-electron chi connectivity index (χ4n) is 4.87. The van der Waals surface area contributed by atoms with Gasteiger partial charge in [0.05, 0.1) is 11.7 Å². The third kappa shape index (κ3) is 3.43. The van der Waals surface area contributed by atoms with Crippen molar-refractivity contribution >= 4 is 54.3 Å². The van der Waals surface area contributed by atoms with Gasteiger partial charge in [0.1, 0.15) is 16.9 Å². The fraction of sp³-hybridized carbons (Fsp3) is 0.0323. The van der Waals surface area contributed by atoms with Crippen LogP contribution < -0.4 is 0 Å². The lowest BCUT2D eigenvalue weighted by Gasteiger charge is -2.10. The number of nitrogens with zero attached hydrogens (tertiary/aromatic N) is 2. The number of aryl methyl sites for hydroxylation is 1. The minimum absolute atomic E-state index is 0.262. The van der Waals surface area contributed by atoms with E-state index in [9.17, 15) is 0 Å². The molecule has 5 aromatic carbocycles. The third-order valence-electron chi connectivity index (χ3n) is 6.75. The minimum Gasteiger partial charge on any atom is -0.206 e. The number of fused-ring (bicyclic) bond motifs is 4. The average Bonchev–Trinajstić information content (AvgIpc) is 3.53. The number of hydrogen-bond donors (Lipinski definition) is 0. The van der Waals surface area contributed by atoms with Gasteiger partial charge in [0, 0.05) is 36.9 Å². The average molecular weight is 503 g/mol. The Morgan fingerprint density at radius 1 is 0.583 bits per heavy atom. The lowest BCUT2D eigenvalue weighted by Crippen LogP contribution is -1.90. The molecule has 0 N–H and O–H groups in total. The van der Waals surface area contributed by atoms with Crippen LogP contribution in [-0.2, 0) is 0 Å². The molecular formula is C31H19FN2S2. The van der Waals surface area contributed by atoms with Crippen LogP contribution in [0.5, 0.6) is 0 Å². The molecule has 2 nitrogen and oxygen atoms in total. The van der Waals surface area contributed by atoms with Crippen LogP contribution in [0.15, 0.2) is 97.1 Å². The van der Waals surface area contributed by atoms with Gasteiger partial charge in [-0.2, -0.15) is 8.75 Å².